The van der Waals surface area contributed by atoms with Crippen LogP contribution in [0.3, 0.4) is 0 Å². The van der Waals surface area contributed by atoms with Crippen molar-refractivity contribution < 1.29 is 18.8 Å². The average molecular weight is 359 g/mol. The molecule has 0 saturated heterocycles. The average Bonchev–Trinajstić information content (AvgIpc) is 3.27. The third-order valence-corrected chi connectivity index (χ3v) is 4.32. The van der Waals surface area contributed by atoms with Gasteiger partial charge in [0.25, 0.3) is 0 Å². The molecular weight excluding hydrogens is 342 g/mol. The van der Waals surface area contributed by atoms with Crippen LogP contribution in [0, 0.1) is 6.92 Å². The van der Waals surface area contributed by atoms with Gasteiger partial charge in [-0.25, -0.2) is 9.78 Å². The number of rotatable bonds is 7. The predicted molar refractivity (Wildman–Crippen MR) is 90.4 cm³/mol. The molecule has 0 fully saturated rings. The molecule has 0 aliphatic rings. The lowest BCUT2D eigenvalue weighted by Crippen LogP contribution is -2.05. The molecule has 0 N–H and O–H groups in total. The molecule has 0 bridgehead atoms. The molecule has 2 heterocycles. The molecule has 0 amide bonds. The van der Waals surface area contributed by atoms with Crippen LogP contribution in [0.15, 0.2) is 34.2 Å². The Bertz CT molecular complexity index is 842. The molecule has 130 valence electrons. The van der Waals surface area contributed by atoms with Gasteiger partial charge in [-0.2, -0.15) is 4.98 Å². The molecular formula is C17H17N3O4S. The summed E-state index contributed by atoms with van der Waals surface area (Å²) in [6.45, 7) is 4.12. The lowest BCUT2D eigenvalue weighted by Gasteiger charge is -2.05. The van der Waals surface area contributed by atoms with Gasteiger partial charge in [0, 0.05) is 12.3 Å². The van der Waals surface area contributed by atoms with Crippen molar-refractivity contribution >= 4 is 17.3 Å². The highest BCUT2D eigenvalue weighted by Crippen LogP contribution is 2.16. The summed E-state index contributed by atoms with van der Waals surface area (Å²) in [5, 5.41) is 6.68. The number of carbonyl (C=O) groups excluding carboxylic acids is 1. The minimum atomic E-state index is -0.397. The van der Waals surface area contributed by atoms with Crippen LogP contribution in [0.4, 0.5) is 0 Å². The number of hydrogen-bond donors (Lipinski definition) is 0. The zero-order valence-corrected chi connectivity index (χ0v) is 14.7. The summed E-state index contributed by atoms with van der Waals surface area (Å²) < 4.78 is 15.7. The van der Waals surface area contributed by atoms with Crippen molar-refractivity contribution in [3.05, 3.63) is 57.6 Å². The summed E-state index contributed by atoms with van der Waals surface area (Å²) in [5.41, 5.74) is 1.22. The van der Waals surface area contributed by atoms with Crippen molar-refractivity contribution in [3.63, 3.8) is 0 Å². The Balaban J connectivity index is 1.51. The standard InChI is InChI=1S/C17H17N3O4S/c1-3-16-19-13(10-25-16)8-23-17(21)12-4-6-14(7-5-12)22-9-15-18-11(2)24-20-15/h4-7,10H,3,8-9H2,1-2H3. The zero-order valence-electron chi connectivity index (χ0n) is 13.9. The number of carbonyl (C=O) groups is 1. The SMILES string of the molecule is CCc1nc(COC(=O)c2ccc(OCc3noc(C)n3)cc2)cs1. The normalized spacial score (nSPS) is 10.6. The van der Waals surface area contributed by atoms with E-state index in [9.17, 15) is 4.79 Å². The van der Waals surface area contributed by atoms with Gasteiger partial charge < -0.3 is 14.0 Å². The molecule has 0 aliphatic heterocycles. The van der Waals surface area contributed by atoms with E-state index in [4.69, 9.17) is 14.0 Å². The Morgan fingerprint density at radius 2 is 2.00 bits per heavy atom. The van der Waals surface area contributed by atoms with E-state index >= 15 is 0 Å². The number of aromatic nitrogens is 3. The fraction of sp³-hybridized carbons (Fsp3) is 0.294. The number of thiazole rings is 1. The van der Waals surface area contributed by atoms with Crippen LogP contribution in [-0.4, -0.2) is 21.1 Å². The van der Waals surface area contributed by atoms with Gasteiger partial charge in [-0.1, -0.05) is 12.1 Å². The predicted octanol–water partition coefficient (Wildman–Crippen LogP) is 3.33. The maximum Gasteiger partial charge on any atom is 0.338 e. The summed E-state index contributed by atoms with van der Waals surface area (Å²) in [7, 11) is 0. The Kier molecular flexibility index (Phi) is 5.39. The van der Waals surface area contributed by atoms with E-state index in [0.29, 0.717) is 23.0 Å². The van der Waals surface area contributed by atoms with E-state index in [-0.39, 0.29) is 13.2 Å². The first-order valence-electron chi connectivity index (χ1n) is 7.76. The van der Waals surface area contributed by atoms with Crippen molar-refractivity contribution in [1.82, 2.24) is 15.1 Å². The van der Waals surface area contributed by atoms with Crippen molar-refractivity contribution in [2.24, 2.45) is 0 Å². The summed E-state index contributed by atoms with van der Waals surface area (Å²) in [4.78, 5) is 20.5. The fourth-order valence-electron chi connectivity index (χ4n) is 2.04. The number of nitrogens with zero attached hydrogens (tertiary/aromatic N) is 3. The summed E-state index contributed by atoms with van der Waals surface area (Å²) in [6.07, 6.45) is 0.878. The van der Waals surface area contributed by atoms with Gasteiger partial charge in [0.1, 0.15) is 12.4 Å². The summed E-state index contributed by atoms with van der Waals surface area (Å²) in [6, 6.07) is 6.69. The second-order valence-electron chi connectivity index (χ2n) is 5.20. The largest absolute Gasteiger partial charge is 0.485 e. The smallest absolute Gasteiger partial charge is 0.338 e. The monoisotopic (exact) mass is 359 g/mol. The third kappa shape index (κ3) is 4.63. The number of ether oxygens (including phenoxy) is 2. The van der Waals surface area contributed by atoms with Crippen molar-refractivity contribution in [1.29, 1.82) is 0 Å². The number of hydrogen-bond acceptors (Lipinski definition) is 8. The first-order chi connectivity index (χ1) is 12.1. The van der Waals surface area contributed by atoms with Crippen molar-refractivity contribution in [3.8, 4) is 5.75 Å². The van der Waals surface area contributed by atoms with Crippen LogP contribution in [0.2, 0.25) is 0 Å². The molecule has 0 radical (unpaired) electrons. The molecule has 3 aromatic rings. The quantitative estimate of drug-likeness (QED) is 0.598. The maximum atomic E-state index is 12.1. The number of benzene rings is 1. The van der Waals surface area contributed by atoms with Gasteiger partial charge in [-0.05, 0) is 30.7 Å². The van der Waals surface area contributed by atoms with Crippen LogP contribution in [0.1, 0.15) is 39.7 Å². The molecule has 2 aromatic heterocycles. The Morgan fingerprint density at radius 3 is 2.64 bits per heavy atom. The second kappa shape index (κ2) is 7.89. The topological polar surface area (TPSA) is 87.3 Å². The first kappa shape index (κ1) is 17.1. The van der Waals surface area contributed by atoms with Gasteiger partial charge in [0.2, 0.25) is 11.7 Å². The highest BCUT2D eigenvalue weighted by Gasteiger charge is 2.10. The molecule has 8 heteroatoms. The molecule has 0 aliphatic carbocycles. The van der Waals surface area contributed by atoms with E-state index in [1.165, 1.54) is 0 Å². The minimum Gasteiger partial charge on any atom is -0.485 e. The zero-order chi connectivity index (χ0) is 17.6. The molecule has 0 saturated carbocycles. The van der Waals surface area contributed by atoms with E-state index in [2.05, 4.69) is 15.1 Å². The van der Waals surface area contributed by atoms with Gasteiger partial charge >= 0.3 is 5.97 Å². The van der Waals surface area contributed by atoms with Crippen LogP contribution < -0.4 is 4.74 Å². The molecule has 25 heavy (non-hydrogen) atoms. The van der Waals surface area contributed by atoms with Crippen LogP contribution in [0.5, 0.6) is 5.75 Å². The number of aryl methyl sites for hydroxylation is 2. The molecule has 0 spiro atoms. The van der Waals surface area contributed by atoms with Crippen molar-refractivity contribution in [2.45, 2.75) is 33.5 Å². The van der Waals surface area contributed by atoms with Gasteiger partial charge in [0.15, 0.2) is 6.61 Å². The fourth-order valence-corrected chi connectivity index (χ4v) is 2.76. The highest BCUT2D eigenvalue weighted by atomic mass is 32.1. The molecule has 0 atom stereocenters. The van der Waals surface area contributed by atoms with Gasteiger partial charge in [-0.3, -0.25) is 0 Å². The van der Waals surface area contributed by atoms with E-state index in [0.717, 1.165) is 17.1 Å². The maximum absolute atomic E-state index is 12.1. The second-order valence-corrected chi connectivity index (χ2v) is 6.15. The van der Waals surface area contributed by atoms with Crippen molar-refractivity contribution in [2.75, 3.05) is 0 Å². The van der Waals surface area contributed by atoms with Crippen LogP contribution in [-0.2, 0) is 24.4 Å². The molecule has 7 nitrogen and oxygen atoms in total. The Morgan fingerprint density at radius 1 is 1.20 bits per heavy atom. The van der Waals surface area contributed by atoms with E-state index in [1.54, 1.807) is 42.5 Å². The Labute approximate surface area is 148 Å². The Hall–Kier alpha value is -2.74. The molecule has 1 aromatic carbocycles. The van der Waals surface area contributed by atoms with Gasteiger partial charge in [-0.15, -0.1) is 11.3 Å². The molecule has 3 rings (SSSR count). The lowest BCUT2D eigenvalue weighted by molar-refractivity contribution is 0.0468. The summed E-state index contributed by atoms with van der Waals surface area (Å²) in [5.74, 6) is 1.16. The first-order valence-corrected chi connectivity index (χ1v) is 8.64. The number of esters is 1. The third-order valence-electron chi connectivity index (χ3n) is 3.28. The van der Waals surface area contributed by atoms with Crippen LogP contribution >= 0.6 is 11.3 Å². The minimum absolute atomic E-state index is 0.171. The highest BCUT2D eigenvalue weighted by molar-refractivity contribution is 7.09. The summed E-state index contributed by atoms with van der Waals surface area (Å²) >= 11 is 1.57. The lowest BCUT2D eigenvalue weighted by atomic mass is 10.2. The van der Waals surface area contributed by atoms with E-state index in [1.807, 2.05) is 12.3 Å². The van der Waals surface area contributed by atoms with Crippen LogP contribution in [0.25, 0.3) is 0 Å². The van der Waals surface area contributed by atoms with Gasteiger partial charge in [0.05, 0.1) is 16.3 Å². The van der Waals surface area contributed by atoms with E-state index < -0.39 is 5.97 Å². The molecule has 0 unspecified atom stereocenters.